The van der Waals surface area contributed by atoms with Gasteiger partial charge < -0.3 is 20.9 Å². The number of benzene rings is 2. The van der Waals surface area contributed by atoms with E-state index in [2.05, 4.69) is 29.0 Å². The average molecular weight is 604 g/mol. The molecule has 2 fully saturated rings. The van der Waals surface area contributed by atoms with Crippen molar-refractivity contribution in [3.8, 4) is 0 Å². The molecule has 1 unspecified atom stereocenters. The highest BCUT2D eigenvalue weighted by molar-refractivity contribution is 6.30. The van der Waals surface area contributed by atoms with Crippen molar-refractivity contribution < 1.29 is 14.4 Å². The Balaban J connectivity index is 1.34. The molecule has 4 aliphatic rings. The normalized spacial score (nSPS) is 23.6. The molecule has 1 atom stereocenters. The van der Waals surface area contributed by atoms with Gasteiger partial charge in [-0.05, 0) is 80.4 Å². The van der Waals surface area contributed by atoms with Crippen molar-refractivity contribution >= 4 is 40.6 Å². The zero-order valence-electron chi connectivity index (χ0n) is 25.2. The summed E-state index contributed by atoms with van der Waals surface area (Å²) < 4.78 is 0. The average Bonchev–Trinajstić information content (AvgIpc) is 3.11. The van der Waals surface area contributed by atoms with Gasteiger partial charge in [0.2, 0.25) is 11.8 Å². The lowest BCUT2D eigenvalue weighted by atomic mass is 9.73. The molecule has 228 valence electrons. The molecule has 43 heavy (non-hydrogen) atoms. The van der Waals surface area contributed by atoms with Crippen molar-refractivity contribution in [2.75, 3.05) is 42.9 Å². The molecule has 3 heterocycles. The van der Waals surface area contributed by atoms with E-state index in [1.165, 1.54) is 6.42 Å². The summed E-state index contributed by atoms with van der Waals surface area (Å²) in [5.41, 5.74) is 9.42. The van der Waals surface area contributed by atoms with Crippen molar-refractivity contribution in [3.63, 3.8) is 0 Å². The predicted molar refractivity (Wildman–Crippen MR) is 170 cm³/mol. The fourth-order valence-electron chi connectivity index (χ4n) is 7.63. The summed E-state index contributed by atoms with van der Waals surface area (Å²) in [6.07, 6.45) is 5.56. The number of piperidine rings is 2. The van der Waals surface area contributed by atoms with E-state index in [1.54, 1.807) is 0 Å². The third kappa shape index (κ3) is 5.67. The van der Waals surface area contributed by atoms with Crippen LogP contribution in [0.1, 0.15) is 70.4 Å². The summed E-state index contributed by atoms with van der Waals surface area (Å²) in [7, 11) is 0. The topological polar surface area (TPSA) is 99.0 Å². The minimum absolute atomic E-state index is 0.0295. The SMILES string of the molecule is CC1(C)CC(=O)C2=C(C1)Nc1ccccc1N(CC(=O)N1CCC(C(N)=O)(N3CCCCC3)CC1)C2c1ccc(Cl)cc1. The van der Waals surface area contributed by atoms with Crippen LogP contribution in [0.5, 0.6) is 0 Å². The quantitative estimate of drug-likeness (QED) is 0.482. The van der Waals surface area contributed by atoms with Crippen LogP contribution in [0.15, 0.2) is 59.8 Å². The second kappa shape index (κ2) is 11.6. The standard InChI is InChI=1S/C34H42ClN5O3/c1-33(2)20-26-30(28(41)21-33)31(23-10-12-24(35)13-11-23)40(27-9-5-4-8-25(27)37-26)22-29(42)38-18-14-34(15-19-38,32(36)43)39-16-6-3-7-17-39/h4-5,8-13,31,37H,3,6-7,14-22H2,1-2H3,(H2,36,43). The maximum Gasteiger partial charge on any atom is 0.242 e. The second-order valence-corrected chi connectivity index (χ2v) is 13.8. The minimum Gasteiger partial charge on any atom is -0.368 e. The summed E-state index contributed by atoms with van der Waals surface area (Å²) in [5, 5.41) is 4.22. The molecule has 3 aliphatic heterocycles. The summed E-state index contributed by atoms with van der Waals surface area (Å²) in [5.74, 6) is -0.220. The number of likely N-dealkylation sites (tertiary alicyclic amines) is 2. The highest BCUT2D eigenvalue weighted by atomic mass is 35.5. The molecule has 2 aromatic rings. The number of halogens is 1. The first-order valence-corrected chi connectivity index (χ1v) is 15.9. The molecule has 2 aromatic carbocycles. The Morgan fingerprint density at radius 3 is 2.30 bits per heavy atom. The first kappa shape index (κ1) is 29.7. The van der Waals surface area contributed by atoms with Gasteiger partial charge in [0.25, 0.3) is 0 Å². The van der Waals surface area contributed by atoms with Crippen LogP contribution in [0, 0.1) is 5.41 Å². The number of fused-ring (bicyclic) bond motifs is 1. The molecule has 9 heteroatoms. The lowest BCUT2D eigenvalue weighted by Gasteiger charge is -2.48. The van der Waals surface area contributed by atoms with Gasteiger partial charge in [0.05, 0.1) is 24.0 Å². The van der Waals surface area contributed by atoms with Crippen molar-refractivity contribution in [1.29, 1.82) is 0 Å². The fraction of sp³-hybridized carbons (Fsp3) is 0.500. The number of anilines is 2. The van der Waals surface area contributed by atoms with E-state index in [0.29, 0.717) is 42.9 Å². The molecule has 0 saturated carbocycles. The van der Waals surface area contributed by atoms with Crippen molar-refractivity contribution in [3.05, 3.63) is 70.4 Å². The molecule has 2 amide bonds. The third-order valence-electron chi connectivity index (χ3n) is 9.86. The molecular weight excluding hydrogens is 562 g/mol. The van der Waals surface area contributed by atoms with Gasteiger partial charge in [-0.1, -0.05) is 56.1 Å². The van der Waals surface area contributed by atoms with Crippen LogP contribution in [0.2, 0.25) is 5.02 Å². The number of para-hydroxylation sites is 2. The van der Waals surface area contributed by atoms with Crippen molar-refractivity contribution in [1.82, 2.24) is 9.80 Å². The van der Waals surface area contributed by atoms with Gasteiger partial charge in [0.1, 0.15) is 5.54 Å². The Labute approximate surface area is 259 Å². The number of rotatable bonds is 5. The van der Waals surface area contributed by atoms with Crippen LogP contribution in [0.3, 0.4) is 0 Å². The maximum atomic E-state index is 14.1. The van der Waals surface area contributed by atoms with E-state index in [4.69, 9.17) is 17.3 Å². The van der Waals surface area contributed by atoms with Crippen molar-refractivity contribution in [2.45, 2.75) is 70.4 Å². The highest BCUT2D eigenvalue weighted by Crippen LogP contribution is 2.48. The third-order valence-corrected chi connectivity index (χ3v) is 10.1. The molecular formula is C34H42ClN5O3. The van der Waals surface area contributed by atoms with Gasteiger partial charge in [0.15, 0.2) is 5.78 Å². The minimum atomic E-state index is -0.691. The number of nitrogens with two attached hydrogens (primary N) is 1. The van der Waals surface area contributed by atoms with Gasteiger partial charge in [-0.25, -0.2) is 0 Å². The number of nitrogens with zero attached hydrogens (tertiary/aromatic N) is 3. The monoisotopic (exact) mass is 603 g/mol. The predicted octanol–water partition coefficient (Wildman–Crippen LogP) is 5.29. The zero-order chi connectivity index (χ0) is 30.4. The van der Waals surface area contributed by atoms with E-state index >= 15 is 0 Å². The number of hydrogen-bond acceptors (Lipinski definition) is 6. The molecule has 1 aliphatic carbocycles. The Kier molecular flexibility index (Phi) is 8.03. The largest absolute Gasteiger partial charge is 0.368 e. The molecule has 8 nitrogen and oxygen atoms in total. The Hall–Kier alpha value is -3.36. The second-order valence-electron chi connectivity index (χ2n) is 13.4. The van der Waals surface area contributed by atoms with Crippen LogP contribution >= 0.6 is 11.6 Å². The Bertz CT molecular complexity index is 1440. The highest BCUT2D eigenvalue weighted by Gasteiger charge is 2.47. The molecule has 0 aromatic heterocycles. The van der Waals surface area contributed by atoms with Gasteiger partial charge in [0, 0.05) is 35.8 Å². The number of nitrogens with one attached hydrogen (secondary N) is 1. The zero-order valence-corrected chi connectivity index (χ0v) is 26.0. The number of amides is 2. The number of carbonyl (C=O) groups is 3. The fourth-order valence-corrected chi connectivity index (χ4v) is 7.76. The van der Waals surface area contributed by atoms with E-state index in [9.17, 15) is 14.4 Å². The van der Waals surface area contributed by atoms with Crippen LogP contribution in [-0.4, -0.2) is 65.7 Å². The summed E-state index contributed by atoms with van der Waals surface area (Å²) in [4.78, 5) is 47.1. The van der Waals surface area contributed by atoms with E-state index in [-0.39, 0.29) is 29.6 Å². The number of Topliss-reactive ketones (excluding diaryl/α,β-unsaturated/α-hetero) is 1. The summed E-state index contributed by atoms with van der Waals surface area (Å²) >= 11 is 6.29. The van der Waals surface area contributed by atoms with Gasteiger partial charge in [-0.2, -0.15) is 0 Å². The maximum absolute atomic E-state index is 14.1. The van der Waals surface area contributed by atoms with Crippen LogP contribution in [0.25, 0.3) is 0 Å². The number of carbonyl (C=O) groups excluding carboxylic acids is 3. The molecule has 0 radical (unpaired) electrons. The van der Waals surface area contributed by atoms with E-state index in [0.717, 1.165) is 55.0 Å². The first-order chi connectivity index (χ1) is 20.6. The Morgan fingerprint density at radius 2 is 1.63 bits per heavy atom. The lowest BCUT2D eigenvalue weighted by molar-refractivity contribution is -0.141. The Morgan fingerprint density at radius 1 is 0.953 bits per heavy atom. The van der Waals surface area contributed by atoms with E-state index < -0.39 is 11.6 Å². The molecule has 2 saturated heterocycles. The van der Waals surface area contributed by atoms with Crippen LogP contribution < -0.4 is 16.0 Å². The van der Waals surface area contributed by atoms with Crippen molar-refractivity contribution in [2.24, 2.45) is 11.1 Å². The van der Waals surface area contributed by atoms with E-state index in [1.807, 2.05) is 53.4 Å². The molecule has 6 rings (SSSR count). The van der Waals surface area contributed by atoms with Crippen LogP contribution in [-0.2, 0) is 14.4 Å². The first-order valence-electron chi connectivity index (χ1n) is 15.6. The number of primary amides is 1. The smallest absolute Gasteiger partial charge is 0.242 e. The van der Waals surface area contributed by atoms with Gasteiger partial charge in [-0.3, -0.25) is 19.3 Å². The van der Waals surface area contributed by atoms with Crippen LogP contribution in [0.4, 0.5) is 11.4 Å². The molecule has 3 N–H and O–H groups in total. The molecule has 0 bridgehead atoms. The van der Waals surface area contributed by atoms with Gasteiger partial charge >= 0.3 is 0 Å². The number of allylic oxidation sites excluding steroid dienone is 1. The lowest BCUT2D eigenvalue weighted by Crippen LogP contribution is -2.64. The summed E-state index contributed by atoms with van der Waals surface area (Å²) in [6, 6.07) is 15.1. The molecule has 0 spiro atoms. The summed E-state index contributed by atoms with van der Waals surface area (Å²) in [6.45, 7) is 7.03. The number of hydrogen-bond donors (Lipinski definition) is 2. The number of ketones is 1. The van der Waals surface area contributed by atoms with Gasteiger partial charge in [-0.15, -0.1) is 0 Å².